The van der Waals surface area contributed by atoms with Crippen LogP contribution in [0.2, 0.25) is 5.02 Å². The number of rotatable bonds is 5. The smallest absolute Gasteiger partial charge is 0.251 e. The second kappa shape index (κ2) is 6.68. The summed E-state index contributed by atoms with van der Waals surface area (Å²) in [6.45, 7) is 5.72. The van der Waals surface area contributed by atoms with Crippen LogP contribution in [0.15, 0.2) is 35.1 Å². The molecule has 0 aliphatic heterocycles. The van der Waals surface area contributed by atoms with Crippen molar-refractivity contribution in [3.05, 3.63) is 51.4 Å². The Morgan fingerprint density at radius 3 is 2.80 bits per heavy atom. The zero-order valence-electron chi connectivity index (χ0n) is 11.6. The number of halogens is 1. The number of nitrogens with zero attached hydrogens (tertiary/aromatic N) is 1. The summed E-state index contributed by atoms with van der Waals surface area (Å²) in [6, 6.07) is 8.84. The zero-order chi connectivity index (χ0) is 14.5. The summed E-state index contributed by atoms with van der Waals surface area (Å²) in [5.41, 5.74) is 1.28. The van der Waals surface area contributed by atoms with Gasteiger partial charge in [0.05, 0.1) is 10.7 Å². The van der Waals surface area contributed by atoms with E-state index in [1.54, 1.807) is 6.07 Å². The molecule has 0 aliphatic rings. The lowest BCUT2D eigenvalue weighted by molar-refractivity contribution is 0.548. The fourth-order valence-corrected chi connectivity index (χ4v) is 2.09. The Morgan fingerprint density at radius 1 is 1.35 bits per heavy atom. The minimum atomic E-state index is -0.170. The van der Waals surface area contributed by atoms with E-state index >= 15 is 0 Å². The van der Waals surface area contributed by atoms with Crippen LogP contribution in [-0.4, -0.2) is 16.5 Å². The van der Waals surface area contributed by atoms with Crippen LogP contribution >= 0.6 is 11.6 Å². The molecule has 2 rings (SSSR count). The highest BCUT2D eigenvalue weighted by Crippen LogP contribution is 2.23. The Kier molecular flexibility index (Phi) is 4.93. The lowest BCUT2D eigenvalue weighted by atomic mass is 10.2. The number of aromatic amines is 1. The molecular weight excluding hydrogens is 274 g/mol. The van der Waals surface area contributed by atoms with Gasteiger partial charge in [-0.2, -0.15) is 0 Å². The topological polar surface area (TPSA) is 57.8 Å². The highest BCUT2D eigenvalue weighted by Gasteiger charge is 2.07. The molecule has 0 bridgehead atoms. The average Bonchev–Trinajstić information content (AvgIpc) is 2.38. The largest absolute Gasteiger partial charge is 0.311 e. The molecule has 0 atom stereocenters. The van der Waals surface area contributed by atoms with Crippen LogP contribution < -0.4 is 10.9 Å². The Balaban J connectivity index is 2.25. The van der Waals surface area contributed by atoms with Crippen molar-refractivity contribution >= 4 is 11.6 Å². The maximum Gasteiger partial charge on any atom is 0.251 e. The molecule has 0 fully saturated rings. The number of hydrogen-bond donors (Lipinski definition) is 2. The molecule has 5 heteroatoms. The Hall–Kier alpha value is -1.65. The van der Waals surface area contributed by atoms with E-state index in [4.69, 9.17) is 11.6 Å². The zero-order valence-corrected chi connectivity index (χ0v) is 12.4. The predicted octanol–water partition coefficient (Wildman–Crippen LogP) is 2.84. The summed E-state index contributed by atoms with van der Waals surface area (Å²) < 4.78 is 0. The summed E-state index contributed by atoms with van der Waals surface area (Å²) in [6.07, 6.45) is 0. The van der Waals surface area contributed by atoms with E-state index in [1.807, 2.05) is 18.2 Å². The van der Waals surface area contributed by atoms with Crippen molar-refractivity contribution in [2.45, 2.75) is 20.4 Å². The number of aromatic nitrogens is 2. The van der Waals surface area contributed by atoms with Gasteiger partial charge in [-0.3, -0.25) is 4.79 Å². The molecule has 4 nitrogen and oxygen atoms in total. The SMILES string of the molecule is CC(C)CNCc1cc(=O)[nH]c(-c2ccccc2Cl)n1. The molecule has 0 aliphatic carbocycles. The standard InChI is InChI=1S/C15H18ClN3O/c1-10(2)8-17-9-11-7-14(20)19-15(18-11)12-5-3-4-6-13(12)16/h3-7,10,17H,8-9H2,1-2H3,(H,18,19,20). The summed E-state index contributed by atoms with van der Waals surface area (Å²) in [5, 5.41) is 3.85. The van der Waals surface area contributed by atoms with Crippen LogP contribution in [0.5, 0.6) is 0 Å². The predicted molar refractivity (Wildman–Crippen MR) is 81.8 cm³/mol. The Labute approximate surface area is 123 Å². The van der Waals surface area contributed by atoms with Crippen LogP contribution in [0.4, 0.5) is 0 Å². The van der Waals surface area contributed by atoms with E-state index in [0.29, 0.717) is 29.0 Å². The van der Waals surface area contributed by atoms with Gasteiger partial charge in [-0.1, -0.05) is 37.6 Å². The van der Waals surface area contributed by atoms with E-state index in [0.717, 1.165) is 12.1 Å². The average molecular weight is 292 g/mol. The van der Waals surface area contributed by atoms with Gasteiger partial charge in [0, 0.05) is 18.2 Å². The minimum Gasteiger partial charge on any atom is -0.311 e. The molecule has 2 aromatic rings. The first-order valence-corrected chi connectivity index (χ1v) is 7.00. The van der Waals surface area contributed by atoms with Gasteiger partial charge in [0.25, 0.3) is 5.56 Å². The Bertz CT molecular complexity index is 637. The van der Waals surface area contributed by atoms with Gasteiger partial charge < -0.3 is 10.3 Å². The Morgan fingerprint density at radius 2 is 2.10 bits per heavy atom. The summed E-state index contributed by atoms with van der Waals surface area (Å²) in [4.78, 5) is 18.9. The minimum absolute atomic E-state index is 0.170. The van der Waals surface area contributed by atoms with Crippen molar-refractivity contribution in [1.29, 1.82) is 0 Å². The third kappa shape index (κ3) is 3.92. The lowest BCUT2D eigenvalue weighted by Crippen LogP contribution is -2.21. The summed E-state index contributed by atoms with van der Waals surface area (Å²) in [7, 11) is 0. The molecule has 0 saturated carbocycles. The fraction of sp³-hybridized carbons (Fsp3) is 0.333. The van der Waals surface area contributed by atoms with Crippen molar-refractivity contribution in [1.82, 2.24) is 15.3 Å². The first-order valence-electron chi connectivity index (χ1n) is 6.62. The van der Waals surface area contributed by atoms with Gasteiger partial charge in [-0.25, -0.2) is 4.98 Å². The number of H-pyrrole nitrogens is 1. The molecule has 0 spiro atoms. The molecule has 0 amide bonds. The van der Waals surface area contributed by atoms with Gasteiger partial charge >= 0.3 is 0 Å². The van der Waals surface area contributed by atoms with Gasteiger partial charge in [0.2, 0.25) is 0 Å². The summed E-state index contributed by atoms with van der Waals surface area (Å²) in [5.74, 6) is 1.06. The molecule has 0 radical (unpaired) electrons. The summed E-state index contributed by atoms with van der Waals surface area (Å²) >= 11 is 6.13. The molecule has 2 N–H and O–H groups in total. The van der Waals surface area contributed by atoms with Crippen molar-refractivity contribution in [2.75, 3.05) is 6.54 Å². The van der Waals surface area contributed by atoms with E-state index in [9.17, 15) is 4.79 Å². The molecule has 1 aromatic heterocycles. The quantitative estimate of drug-likeness (QED) is 0.890. The monoisotopic (exact) mass is 291 g/mol. The van der Waals surface area contributed by atoms with Crippen LogP contribution in [0.3, 0.4) is 0 Å². The van der Waals surface area contributed by atoms with E-state index in [2.05, 4.69) is 29.1 Å². The first kappa shape index (κ1) is 14.8. The molecule has 0 saturated heterocycles. The first-order chi connectivity index (χ1) is 9.56. The van der Waals surface area contributed by atoms with Crippen molar-refractivity contribution in [3.63, 3.8) is 0 Å². The highest BCUT2D eigenvalue weighted by atomic mass is 35.5. The van der Waals surface area contributed by atoms with Crippen LogP contribution in [0.1, 0.15) is 19.5 Å². The number of benzene rings is 1. The van der Waals surface area contributed by atoms with E-state index < -0.39 is 0 Å². The van der Waals surface area contributed by atoms with Crippen molar-refractivity contribution in [3.8, 4) is 11.4 Å². The van der Waals surface area contributed by atoms with E-state index in [-0.39, 0.29) is 5.56 Å². The maximum absolute atomic E-state index is 11.7. The molecular formula is C15H18ClN3O. The fourth-order valence-electron chi connectivity index (χ4n) is 1.87. The second-order valence-electron chi connectivity index (χ2n) is 5.09. The third-order valence-corrected chi connectivity index (χ3v) is 3.11. The molecule has 106 valence electrons. The van der Waals surface area contributed by atoms with Gasteiger partial charge in [0.1, 0.15) is 5.82 Å². The molecule has 20 heavy (non-hydrogen) atoms. The normalized spacial score (nSPS) is 11.0. The van der Waals surface area contributed by atoms with Gasteiger partial charge in [-0.05, 0) is 24.6 Å². The van der Waals surface area contributed by atoms with Crippen LogP contribution in [0, 0.1) is 5.92 Å². The van der Waals surface area contributed by atoms with E-state index in [1.165, 1.54) is 6.07 Å². The van der Waals surface area contributed by atoms with Gasteiger partial charge in [-0.15, -0.1) is 0 Å². The molecule has 0 unspecified atom stereocenters. The number of nitrogens with one attached hydrogen (secondary N) is 2. The maximum atomic E-state index is 11.7. The van der Waals surface area contributed by atoms with Crippen molar-refractivity contribution in [2.24, 2.45) is 5.92 Å². The van der Waals surface area contributed by atoms with Crippen LogP contribution in [0.25, 0.3) is 11.4 Å². The third-order valence-electron chi connectivity index (χ3n) is 2.78. The highest BCUT2D eigenvalue weighted by molar-refractivity contribution is 6.33. The molecule has 1 heterocycles. The molecule has 1 aromatic carbocycles. The second-order valence-corrected chi connectivity index (χ2v) is 5.50. The van der Waals surface area contributed by atoms with Crippen LogP contribution in [-0.2, 0) is 6.54 Å². The number of hydrogen-bond acceptors (Lipinski definition) is 3. The van der Waals surface area contributed by atoms with Crippen molar-refractivity contribution < 1.29 is 0 Å². The lowest BCUT2D eigenvalue weighted by Gasteiger charge is -2.08. The van der Waals surface area contributed by atoms with Gasteiger partial charge in [0.15, 0.2) is 0 Å².